The largest absolute Gasteiger partial charge is 0.361 e. The van der Waals surface area contributed by atoms with Gasteiger partial charge in [0.2, 0.25) is 0 Å². The van der Waals surface area contributed by atoms with E-state index in [0.717, 1.165) is 53.4 Å². The molecule has 2 heterocycles. The van der Waals surface area contributed by atoms with Crippen LogP contribution in [-0.4, -0.2) is 39.4 Å². The predicted molar refractivity (Wildman–Crippen MR) is 143 cm³/mol. The van der Waals surface area contributed by atoms with Gasteiger partial charge in [-0.2, -0.15) is 5.10 Å². The van der Waals surface area contributed by atoms with Crippen LogP contribution in [-0.2, 0) is 6.54 Å². The van der Waals surface area contributed by atoms with Crippen molar-refractivity contribution >= 4 is 17.2 Å². The highest BCUT2D eigenvalue weighted by Crippen LogP contribution is 2.31. The molecule has 0 saturated heterocycles. The number of nitrogens with zero attached hydrogens (tertiary/aromatic N) is 4. The Labute approximate surface area is 207 Å². The molecule has 0 saturated carbocycles. The Balaban J connectivity index is 1.75. The van der Waals surface area contributed by atoms with Gasteiger partial charge in [0.1, 0.15) is 5.82 Å². The SMILES string of the molecule is C=C1c2cccn2N=C(C(CC)N(CCCN)C(=C)c2ccc(C)cc2)N1Cc1ccc(F)cc1. The number of benzene rings is 2. The van der Waals surface area contributed by atoms with Crippen molar-refractivity contribution in [1.82, 2.24) is 14.5 Å². The number of hydrogen-bond acceptors (Lipinski definition) is 4. The molecule has 4 rings (SSSR count). The Morgan fingerprint density at radius 3 is 2.49 bits per heavy atom. The first-order valence-electron chi connectivity index (χ1n) is 12.1. The molecule has 6 heteroatoms. The molecule has 2 aromatic carbocycles. The zero-order valence-corrected chi connectivity index (χ0v) is 20.6. The van der Waals surface area contributed by atoms with Crippen molar-refractivity contribution in [2.24, 2.45) is 10.8 Å². The van der Waals surface area contributed by atoms with E-state index in [1.54, 1.807) is 0 Å². The highest BCUT2D eigenvalue weighted by Gasteiger charge is 2.33. The molecule has 0 radical (unpaired) electrons. The molecule has 2 N–H and O–H groups in total. The summed E-state index contributed by atoms with van der Waals surface area (Å²) < 4.78 is 15.5. The number of aromatic nitrogens is 1. The van der Waals surface area contributed by atoms with Crippen LogP contribution in [0.2, 0.25) is 0 Å². The van der Waals surface area contributed by atoms with Gasteiger partial charge in [-0.1, -0.05) is 62.0 Å². The van der Waals surface area contributed by atoms with Crippen LogP contribution in [0.3, 0.4) is 0 Å². The molecule has 0 bridgehead atoms. The molecule has 5 nitrogen and oxygen atoms in total. The Morgan fingerprint density at radius 1 is 1.11 bits per heavy atom. The highest BCUT2D eigenvalue weighted by atomic mass is 19.1. The standard InChI is InChI=1S/C29H34FN5/c1-5-27(33(18-7-17-31)22(3)25-13-9-21(2)10-14-25)29-32-35-19-6-8-28(35)23(4)34(29)20-24-11-15-26(30)16-12-24/h6,8-16,19,27H,3-5,7,17-18,20,31H2,1-2H3. The Bertz CT molecular complexity index is 1210. The fourth-order valence-corrected chi connectivity index (χ4v) is 4.52. The summed E-state index contributed by atoms with van der Waals surface area (Å²) in [6.07, 6.45) is 3.60. The topological polar surface area (TPSA) is 49.8 Å². The summed E-state index contributed by atoms with van der Waals surface area (Å²) in [5.41, 5.74) is 11.9. The van der Waals surface area contributed by atoms with Crippen molar-refractivity contribution in [2.45, 2.75) is 39.3 Å². The molecule has 0 fully saturated rings. The molecule has 0 amide bonds. The minimum atomic E-state index is -0.247. The fourth-order valence-electron chi connectivity index (χ4n) is 4.52. The van der Waals surface area contributed by atoms with E-state index in [-0.39, 0.29) is 11.9 Å². The maximum absolute atomic E-state index is 13.6. The highest BCUT2D eigenvalue weighted by molar-refractivity contribution is 5.96. The summed E-state index contributed by atoms with van der Waals surface area (Å²) in [4.78, 5) is 4.46. The molecule has 0 aliphatic carbocycles. The van der Waals surface area contributed by atoms with Crippen molar-refractivity contribution in [3.05, 3.63) is 108 Å². The van der Waals surface area contributed by atoms with Gasteiger partial charge in [0, 0.05) is 25.0 Å². The predicted octanol–water partition coefficient (Wildman–Crippen LogP) is 5.68. The van der Waals surface area contributed by atoms with E-state index < -0.39 is 0 Å². The molecule has 0 spiro atoms. The zero-order valence-electron chi connectivity index (χ0n) is 20.6. The maximum Gasteiger partial charge on any atom is 0.153 e. The van der Waals surface area contributed by atoms with Crippen LogP contribution in [0.25, 0.3) is 11.4 Å². The summed E-state index contributed by atoms with van der Waals surface area (Å²) in [5.74, 6) is 0.638. The summed E-state index contributed by atoms with van der Waals surface area (Å²) in [6.45, 7) is 15.0. The zero-order chi connectivity index (χ0) is 24.9. The Hall–Kier alpha value is -3.64. The Kier molecular flexibility index (Phi) is 7.51. The van der Waals surface area contributed by atoms with Crippen molar-refractivity contribution in [3.63, 3.8) is 0 Å². The Morgan fingerprint density at radius 2 is 1.83 bits per heavy atom. The number of aryl methyl sites for hydroxylation is 1. The van der Waals surface area contributed by atoms with Crippen molar-refractivity contribution in [3.8, 4) is 0 Å². The van der Waals surface area contributed by atoms with Crippen molar-refractivity contribution < 1.29 is 4.39 Å². The number of halogens is 1. The summed E-state index contributed by atoms with van der Waals surface area (Å²) in [7, 11) is 0. The number of nitrogens with two attached hydrogens (primary N) is 1. The van der Waals surface area contributed by atoms with E-state index in [4.69, 9.17) is 10.8 Å². The average Bonchev–Trinajstić information content (AvgIpc) is 3.34. The smallest absolute Gasteiger partial charge is 0.153 e. The lowest BCUT2D eigenvalue weighted by Crippen LogP contribution is -2.49. The van der Waals surface area contributed by atoms with Crippen LogP contribution in [0.4, 0.5) is 4.39 Å². The lowest BCUT2D eigenvalue weighted by Gasteiger charge is -2.41. The second kappa shape index (κ2) is 10.7. The van der Waals surface area contributed by atoms with Gasteiger partial charge in [0.25, 0.3) is 0 Å². The van der Waals surface area contributed by atoms with E-state index in [1.165, 1.54) is 17.7 Å². The quantitative estimate of drug-likeness (QED) is 0.414. The van der Waals surface area contributed by atoms with Crippen LogP contribution < -0.4 is 5.73 Å². The molecule has 3 aromatic rings. The number of amidine groups is 1. The van der Waals surface area contributed by atoms with Crippen LogP contribution in [0.5, 0.6) is 0 Å². The van der Waals surface area contributed by atoms with E-state index >= 15 is 0 Å². The lowest BCUT2D eigenvalue weighted by molar-refractivity contribution is 0.322. The number of fused-ring (bicyclic) bond motifs is 1. The molecular weight excluding hydrogens is 437 g/mol. The van der Waals surface area contributed by atoms with Gasteiger partial charge < -0.3 is 15.5 Å². The lowest BCUT2D eigenvalue weighted by atomic mass is 10.0. The van der Waals surface area contributed by atoms with Gasteiger partial charge in [0.05, 0.1) is 17.4 Å². The van der Waals surface area contributed by atoms with Crippen LogP contribution >= 0.6 is 0 Å². The molecule has 1 aliphatic rings. The van der Waals surface area contributed by atoms with Gasteiger partial charge >= 0.3 is 0 Å². The second-order valence-electron chi connectivity index (χ2n) is 8.93. The van der Waals surface area contributed by atoms with Gasteiger partial charge in [0.15, 0.2) is 5.84 Å². The van der Waals surface area contributed by atoms with Crippen LogP contribution in [0.1, 0.15) is 42.1 Å². The van der Waals surface area contributed by atoms with E-state index in [0.29, 0.717) is 13.1 Å². The molecule has 1 aliphatic heterocycles. The first kappa shape index (κ1) is 24.5. The second-order valence-corrected chi connectivity index (χ2v) is 8.93. The van der Waals surface area contributed by atoms with E-state index in [9.17, 15) is 4.39 Å². The first-order chi connectivity index (χ1) is 16.9. The third kappa shape index (κ3) is 5.23. The summed E-state index contributed by atoms with van der Waals surface area (Å²) in [6, 6.07) is 19.0. The van der Waals surface area contributed by atoms with Gasteiger partial charge in [-0.3, -0.25) is 0 Å². The molecule has 1 atom stereocenters. The molecule has 182 valence electrons. The van der Waals surface area contributed by atoms with E-state index in [2.05, 4.69) is 61.1 Å². The van der Waals surface area contributed by atoms with Gasteiger partial charge in [-0.05, 0) is 61.7 Å². The molecule has 35 heavy (non-hydrogen) atoms. The molecule has 1 unspecified atom stereocenters. The maximum atomic E-state index is 13.6. The fraction of sp³-hybridized carbons (Fsp3) is 0.276. The first-order valence-corrected chi connectivity index (χ1v) is 12.1. The third-order valence-electron chi connectivity index (χ3n) is 6.49. The number of rotatable bonds is 10. The molecule has 1 aromatic heterocycles. The van der Waals surface area contributed by atoms with Crippen molar-refractivity contribution in [2.75, 3.05) is 13.1 Å². The minimum absolute atomic E-state index is 0.0527. The summed E-state index contributed by atoms with van der Waals surface area (Å²) in [5, 5.41) is 5.05. The third-order valence-corrected chi connectivity index (χ3v) is 6.49. The van der Waals surface area contributed by atoms with E-state index in [1.807, 2.05) is 35.1 Å². The summed E-state index contributed by atoms with van der Waals surface area (Å²) >= 11 is 0. The normalized spacial score (nSPS) is 13.9. The van der Waals surface area contributed by atoms with Gasteiger partial charge in [-0.15, -0.1) is 0 Å². The number of hydrogen-bond donors (Lipinski definition) is 1. The minimum Gasteiger partial charge on any atom is -0.361 e. The average molecular weight is 472 g/mol. The molecular formula is C29H34FN5. The van der Waals surface area contributed by atoms with Crippen LogP contribution in [0, 0.1) is 12.7 Å². The monoisotopic (exact) mass is 471 g/mol. The van der Waals surface area contributed by atoms with Crippen LogP contribution in [0.15, 0.2) is 85.1 Å². The van der Waals surface area contributed by atoms with Gasteiger partial charge in [-0.25, -0.2) is 9.07 Å². The van der Waals surface area contributed by atoms with Crippen molar-refractivity contribution in [1.29, 1.82) is 0 Å².